The maximum Gasteiger partial charge on any atom is 0.261 e. The van der Waals surface area contributed by atoms with Crippen molar-refractivity contribution in [3.8, 4) is 0 Å². The lowest BCUT2D eigenvalue weighted by Crippen LogP contribution is -2.48. The molecular formula is C18H22FN3O3S2. The number of thiophene rings is 1. The van der Waals surface area contributed by atoms with Crippen molar-refractivity contribution in [1.82, 2.24) is 9.62 Å². The van der Waals surface area contributed by atoms with Gasteiger partial charge in [-0.3, -0.25) is 4.79 Å². The maximum absolute atomic E-state index is 13.1. The first-order chi connectivity index (χ1) is 12.8. The number of hydrogen-bond donors (Lipinski definition) is 1. The van der Waals surface area contributed by atoms with Crippen molar-refractivity contribution in [2.24, 2.45) is 0 Å². The average Bonchev–Trinajstić information content (AvgIpc) is 3.05. The molecule has 1 amide bonds. The molecule has 146 valence electrons. The summed E-state index contributed by atoms with van der Waals surface area (Å²) < 4.78 is 40.6. The van der Waals surface area contributed by atoms with Crippen molar-refractivity contribution in [3.63, 3.8) is 0 Å². The highest BCUT2D eigenvalue weighted by atomic mass is 32.2. The molecular weight excluding hydrogens is 389 g/mol. The summed E-state index contributed by atoms with van der Waals surface area (Å²) in [6.07, 6.45) is 0. The predicted octanol–water partition coefficient (Wildman–Crippen LogP) is 2.46. The summed E-state index contributed by atoms with van der Waals surface area (Å²) >= 11 is 1.19. The van der Waals surface area contributed by atoms with Crippen LogP contribution in [0.2, 0.25) is 0 Å². The lowest BCUT2D eigenvalue weighted by atomic mass is 10.2. The second kappa shape index (κ2) is 7.95. The van der Waals surface area contributed by atoms with Crippen molar-refractivity contribution in [2.75, 3.05) is 37.6 Å². The van der Waals surface area contributed by atoms with E-state index < -0.39 is 10.0 Å². The van der Waals surface area contributed by atoms with E-state index in [1.807, 2.05) is 11.8 Å². The Morgan fingerprint density at radius 1 is 1.19 bits per heavy atom. The molecule has 6 nitrogen and oxygen atoms in total. The second-order valence-corrected chi connectivity index (χ2v) is 9.42. The molecule has 1 saturated heterocycles. The molecule has 0 radical (unpaired) electrons. The van der Waals surface area contributed by atoms with E-state index in [1.54, 1.807) is 19.1 Å². The van der Waals surface area contributed by atoms with Gasteiger partial charge in [0.15, 0.2) is 0 Å². The first kappa shape index (κ1) is 19.8. The number of nitrogens with zero attached hydrogens (tertiary/aromatic N) is 2. The van der Waals surface area contributed by atoms with Crippen molar-refractivity contribution >= 4 is 33.0 Å². The molecule has 0 bridgehead atoms. The molecule has 2 heterocycles. The van der Waals surface area contributed by atoms with E-state index in [4.69, 9.17) is 0 Å². The molecule has 27 heavy (non-hydrogen) atoms. The van der Waals surface area contributed by atoms with Crippen LogP contribution in [0.3, 0.4) is 0 Å². The number of rotatable bonds is 5. The minimum atomic E-state index is -3.66. The number of carbonyl (C=O) groups is 1. The van der Waals surface area contributed by atoms with Gasteiger partial charge in [-0.1, -0.05) is 0 Å². The van der Waals surface area contributed by atoms with Gasteiger partial charge in [-0.2, -0.15) is 4.31 Å². The lowest BCUT2D eigenvalue weighted by Gasteiger charge is -2.35. The fourth-order valence-corrected chi connectivity index (χ4v) is 5.96. The van der Waals surface area contributed by atoms with Gasteiger partial charge >= 0.3 is 0 Å². The van der Waals surface area contributed by atoms with E-state index in [1.165, 1.54) is 33.8 Å². The Morgan fingerprint density at radius 2 is 1.81 bits per heavy atom. The molecule has 1 N–H and O–H groups in total. The second-order valence-electron chi connectivity index (χ2n) is 6.26. The fraction of sp³-hybridized carbons (Fsp3) is 0.389. The first-order valence-corrected chi connectivity index (χ1v) is 11.0. The summed E-state index contributed by atoms with van der Waals surface area (Å²) in [5, 5.41) is 2.69. The van der Waals surface area contributed by atoms with E-state index in [9.17, 15) is 17.6 Å². The van der Waals surface area contributed by atoms with Gasteiger partial charge < -0.3 is 10.2 Å². The van der Waals surface area contributed by atoms with Crippen LogP contribution in [0.5, 0.6) is 0 Å². The molecule has 3 rings (SSSR count). The molecule has 0 saturated carbocycles. The number of benzene rings is 1. The van der Waals surface area contributed by atoms with Gasteiger partial charge in [0, 0.05) is 43.3 Å². The SMILES string of the molecule is CCNC(=O)c1cc(S(=O)(=O)N2CCN(c3ccc(F)cc3)CC2)c(C)s1. The van der Waals surface area contributed by atoms with E-state index in [2.05, 4.69) is 5.32 Å². The van der Waals surface area contributed by atoms with Gasteiger partial charge in [0.2, 0.25) is 10.0 Å². The minimum Gasteiger partial charge on any atom is -0.369 e. The van der Waals surface area contributed by atoms with Gasteiger partial charge in [0.1, 0.15) is 5.82 Å². The number of amides is 1. The third-order valence-corrected chi connectivity index (χ3v) is 7.68. The van der Waals surface area contributed by atoms with Crippen LogP contribution in [0.4, 0.5) is 10.1 Å². The number of aryl methyl sites for hydroxylation is 1. The summed E-state index contributed by atoms with van der Waals surface area (Å²) in [5.41, 5.74) is 0.874. The zero-order valence-corrected chi connectivity index (χ0v) is 16.9. The minimum absolute atomic E-state index is 0.198. The standard InChI is InChI=1S/C18H22FN3O3S2/c1-3-20-18(23)16-12-17(13(2)26-16)27(24,25)22-10-8-21(9-11-22)15-6-4-14(19)5-7-15/h4-7,12H,3,8-11H2,1-2H3,(H,20,23). The Morgan fingerprint density at radius 3 is 2.41 bits per heavy atom. The van der Waals surface area contributed by atoms with Crippen molar-refractivity contribution < 1.29 is 17.6 Å². The van der Waals surface area contributed by atoms with E-state index in [0.717, 1.165) is 5.69 Å². The summed E-state index contributed by atoms with van der Waals surface area (Å²) in [6, 6.07) is 7.65. The van der Waals surface area contributed by atoms with Crippen LogP contribution < -0.4 is 10.2 Å². The topological polar surface area (TPSA) is 69.7 Å². The number of anilines is 1. The zero-order chi connectivity index (χ0) is 19.6. The van der Waals surface area contributed by atoms with Crippen molar-refractivity contribution in [2.45, 2.75) is 18.7 Å². The van der Waals surface area contributed by atoms with Gasteiger partial charge in [0.25, 0.3) is 5.91 Å². The Balaban J connectivity index is 1.73. The van der Waals surface area contributed by atoms with Crippen LogP contribution in [0.15, 0.2) is 35.2 Å². The van der Waals surface area contributed by atoms with Crippen LogP contribution in [-0.2, 0) is 10.0 Å². The Bertz CT molecular complexity index is 918. The van der Waals surface area contributed by atoms with Crippen LogP contribution >= 0.6 is 11.3 Å². The number of halogens is 1. The van der Waals surface area contributed by atoms with Crippen molar-refractivity contribution in [1.29, 1.82) is 0 Å². The molecule has 0 unspecified atom stereocenters. The van der Waals surface area contributed by atoms with Crippen LogP contribution in [0.25, 0.3) is 0 Å². The molecule has 1 aliphatic rings. The normalized spacial score (nSPS) is 15.7. The number of sulfonamides is 1. The molecule has 1 aromatic heterocycles. The highest BCUT2D eigenvalue weighted by molar-refractivity contribution is 7.89. The molecule has 1 fully saturated rings. The monoisotopic (exact) mass is 411 g/mol. The van der Waals surface area contributed by atoms with E-state index >= 15 is 0 Å². The molecule has 1 aliphatic heterocycles. The van der Waals surface area contributed by atoms with Gasteiger partial charge in [-0.05, 0) is 44.2 Å². The quantitative estimate of drug-likeness (QED) is 0.821. The largest absolute Gasteiger partial charge is 0.369 e. The highest BCUT2D eigenvalue weighted by Crippen LogP contribution is 2.29. The fourth-order valence-electron chi connectivity index (χ4n) is 3.06. The van der Waals surface area contributed by atoms with Gasteiger partial charge in [-0.25, -0.2) is 12.8 Å². The van der Waals surface area contributed by atoms with E-state index in [0.29, 0.717) is 42.5 Å². The predicted molar refractivity (Wildman–Crippen MR) is 104 cm³/mol. The molecule has 0 spiro atoms. The number of nitrogens with one attached hydrogen (secondary N) is 1. The number of hydrogen-bond acceptors (Lipinski definition) is 5. The van der Waals surface area contributed by atoms with Crippen molar-refractivity contribution in [3.05, 3.63) is 45.9 Å². The summed E-state index contributed by atoms with van der Waals surface area (Å²) in [4.78, 5) is 15.2. The third-order valence-electron chi connectivity index (χ3n) is 4.48. The lowest BCUT2D eigenvalue weighted by molar-refractivity contribution is 0.0959. The number of carbonyl (C=O) groups excluding carboxylic acids is 1. The Labute approximate surface area is 162 Å². The molecule has 2 aromatic rings. The summed E-state index contributed by atoms with van der Waals surface area (Å²) in [6.45, 7) is 5.75. The Kier molecular flexibility index (Phi) is 5.83. The van der Waals surface area contributed by atoms with Crippen LogP contribution in [0.1, 0.15) is 21.5 Å². The smallest absolute Gasteiger partial charge is 0.261 e. The molecule has 9 heteroatoms. The summed E-state index contributed by atoms with van der Waals surface area (Å²) in [7, 11) is -3.66. The van der Waals surface area contributed by atoms with E-state index in [-0.39, 0.29) is 16.6 Å². The molecule has 0 aliphatic carbocycles. The summed E-state index contributed by atoms with van der Waals surface area (Å²) in [5.74, 6) is -0.552. The zero-order valence-electron chi connectivity index (χ0n) is 15.2. The molecule has 0 atom stereocenters. The first-order valence-electron chi connectivity index (χ1n) is 8.72. The highest BCUT2D eigenvalue weighted by Gasteiger charge is 2.31. The third kappa shape index (κ3) is 4.15. The Hall–Kier alpha value is -1.97. The van der Waals surface area contributed by atoms with Gasteiger partial charge in [-0.15, -0.1) is 11.3 Å². The maximum atomic E-state index is 13.1. The van der Waals surface area contributed by atoms with Gasteiger partial charge in [0.05, 0.1) is 9.77 Å². The molecule has 1 aromatic carbocycles. The average molecular weight is 412 g/mol. The number of piperazine rings is 1. The van der Waals surface area contributed by atoms with Crippen LogP contribution in [-0.4, -0.2) is 51.4 Å². The van der Waals surface area contributed by atoms with Crippen LogP contribution in [0, 0.1) is 12.7 Å².